The van der Waals surface area contributed by atoms with E-state index in [9.17, 15) is 10.1 Å². The Balaban J connectivity index is 1.84. The molecule has 0 unspecified atom stereocenters. The summed E-state index contributed by atoms with van der Waals surface area (Å²) in [7, 11) is 0. The number of nitriles is 1. The van der Waals surface area contributed by atoms with Crippen molar-refractivity contribution >= 4 is 34.8 Å². The SMILES string of the molecule is CC(C)(C)c1csc(-c2ccc(/C=C(\C#N)C(=O)c3ccc(Cl)cc3)cc2)n1. The molecule has 0 aliphatic heterocycles. The lowest BCUT2D eigenvalue weighted by Gasteiger charge is -2.14. The molecule has 3 nitrogen and oxygen atoms in total. The first-order chi connectivity index (χ1) is 13.3. The highest BCUT2D eigenvalue weighted by Crippen LogP contribution is 2.30. The maximum atomic E-state index is 12.5. The maximum absolute atomic E-state index is 12.5. The first kappa shape index (κ1) is 20.0. The van der Waals surface area contributed by atoms with Crippen LogP contribution in [0.15, 0.2) is 59.5 Å². The summed E-state index contributed by atoms with van der Waals surface area (Å²) in [6, 6.07) is 16.2. The Morgan fingerprint density at radius 2 is 1.75 bits per heavy atom. The number of ketones is 1. The molecule has 3 aromatic rings. The number of hydrogen-bond acceptors (Lipinski definition) is 4. The standard InChI is InChI=1S/C23H19ClN2OS/c1-23(2,3)20-14-28-22(26-20)17-6-4-15(5-7-17)12-18(13-25)21(27)16-8-10-19(24)11-9-16/h4-12,14H,1-3H3/b18-12+. The van der Waals surface area contributed by atoms with Crippen molar-refractivity contribution in [3.8, 4) is 16.6 Å². The van der Waals surface area contributed by atoms with Gasteiger partial charge >= 0.3 is 0 Å². The maximum Gasteiger partial charge on any atom is 0.203 e. The van der Waals surface area contributed by atoms with Gasteiger partial charge in [-0.15, -0.1) is 11.3 Å². The third-order valence-corrected chi connectivity index (χ3v) is 5.36. The third kappa shape index (κ3) is 4.56. The number of Topliss-reactive ketones (excluding diaryl/α,β-unsaturated/α-hetero) is 1. The lowest BCUT2D eigenvalue weighted by Crippen LogP contribution is -2.11. The number of benzene rings is 2. The van der Waals surface area contributed by atoms with Gasteiger partial charge in [-0.05, 0) is 35.9 Å². The van der Waals surface area contributed by atoms with E-state index in [1.807, 2.05) is 30.3 Å². The van der Waals surface area contributed by atoms with E-state index in [0.29, 0.717) is 10.6 Å². The summed E-state index contributed by atoms with van der Waals surface area (Å²) in [4.78, 5) is 17.3. The molecule has 0 saturated heterocycles. The molecule has 0 saturated carbocycles. The van der Waals surface area contributed by atoms with E-state index in [1.54, 1.807) is 41.7 Å². The van der Waals surface area contributed by atoms with Crippen molar-refractivity contribution in [2.45, 2.75) is 26.2 Å². The fourth-order valence-corrected chi connectivity index (χ4v) is 3.72. The number of aromatic nitrogens is 1. The quantitative estimate of drug-likeness (QED) is 0.280. The highest BCUT2D eigenvalue weighted by atomic mass is 35.5. The van der Waals surface area contributed by atoms with Crippen LogP contribution < -0.4 is 0 Å². The molecule has 0 amide bonds. The van der Waals surface area contributed by atoms with E-state index in [4.69, 9.17) is 16.6 Å². The van der Waals surface area contributed by atoms with E-state index in [2.05, 4.69) is 26.2 Å². The number of halogens is 1. The van der Waals surface area contributed by atoms with Crippen molar-refractivity contribution in [3.63, 3.8) is 0 Å². The largest absolute Gasteiger partial charge is 0.288 e. The molecular formula is C23H19ClN2OS. The van der Waals surface area contributed by atoms with Gasteiger partial charge in [0.1, 0.15) is 16.6 Å². The van der Waals surface area contributed by atoms with E-state index in [1.165, 1.54) is 0 Å². The van der Waals surface area contributed by atoms with Crippen LogP contribution in [0.1, 0.15) is 42.4 Å². The van der Waals surface area contributed by atoms with Crippen LogP contribution in [0.2, 0.25) is 5.02 Å². The van der Waals surface area contributed by atoms with Crippen molar-refractivity contribution in [2.75, 3.05) is 0 Å². The van der Waals surface area contributed by atoms with Crippen molar-refractivity contribution in [2.24, 2.45) is 0 Å². The topological polar surface area (TPSA) is 53.8 Å². The fraction of sp³-hybridized carbons (Fsp3) is 0.174. The summed E-state index contributed by atoms with van der Waals surface area (Å²) in [5, 5.41) is 13.0. The molecule has 0 bridgehead atoms. The Bertz CT molecular complexity index is 1070. The molecule has 1 heterocycles. The van der Waals surface area contributed by atoms with Gasteiger partial charge in [-0.1, -0.05) is 56.6 Å². The van der Waals surface area contributed by atoms with Gasteiger partial charge in [-0.3, -0.25) is 4.79 Å². The second-order valence-electron chi connectivity index (χ2n) is 7.42. The predicted octanol–water partition coefficient (Wildman–Crippen LogP) is 6.55. The minimum Gasteiger partial charge on any atom is -0.288 e. The number of carbonyl (C=O) groups excluding carboxylic acids is 1. The highest BCUT2D eigenvalue weighted by Gasteiger charge is 2.18. The number of carbonyl (C=O) groups is 1. The molecule has 5 heteroatoms. The van der Waals surface area contributed by atoms with Crippen molar-refractivity contribution < 1.29 is 4.79 Å². The molecule has 0 aliphatic carbocycles. The number of allylic oxidation sites excluding steroid dienone is 1. The first-order valence-electron chi connectivity index (χ1n) is 8.76. The molecule has 0 aliphatic rings. The minimum absolute atomic E-state index is 0.0150. The molecule has 1 aromatic heterocycles. The summed E-state index contributed by atoms with van der Waals surface area (Å²) in [6.45, 7) is 6.42. The molecule has 0 fully saturated rings. The van der Waals surface area contributed by atoms with Gasteiger partial charge in [-0.2, -0.15) is 5.26 Å². The first-order valence-corrected chi connectivity index (χ1v) is 10.0. The monoisotopic (exact) mass is 406 g/mol. The van der Waals surface area contributed by atoms with Crippen LogP contribution in [0.25, 0.3) is 16.6 Å². The molecule has 0 atom stereocenters. The Morgan fingerprint density at radius 1 is 1.11 bits per heavy atom. The van der Waals surface area contributed by atoms with Gasteiger partial charge in [-0.25, -0.2) is 4.98 Å². The lowest BCUT2D eigenvalue weighted by molar-refractivity contribution is 0.104. The van der Waals surface area contributed by atoms with Crippen molar-refractivity contribution in [1.82, 2.24) is 4.98 Å². The zero-order chi connectivity index (χ0) is 20.3. The van der Waals surface area contributed by atoms with Gasteiger partial charge < -0.3 is 0 Å². The number of nitrogens with zero attached hydrogens (tertiary/aromatic N) is 2. The molecule has 3 rings (SSSR count). The molecule has 0 spiro atoms. The number of thiazole rings is 1. The molecular weight excluding hydrogens is 388 g/mol. The normalized spacial score (nSPS) is 11.9. The smallest absolute Gasteiger partial charge is 0.203 e. The van der Waals surface area contributed by atoms with E-state index in [-0.39, 0.29) is 16.8 Å². The fourth-order valence-electron chi connectivity index (χ4n) is 2.54. The van der Waals surface area contributed by atoms with E-state index in [0.717, 1.165) is 21.8 Å². The summed E-state index contributed by atoms with van der Waals surface area (Å²) < 4.78 is 0. The van der Waals surface area contributed by atoms with Crippen LogP contribution in [0.3, 0.4) is 0 Å². The van der Waals surface area contributed by atoms with Crippen LogP contribution >= 0.6 is 22.9 Å². The van der Waals surface area contributed by atoms with Gasteiger partial charge in [0.05, 0.1) is 5.69 Å². The Morgan fingerprint density at radius 3 is 2.29 bits per heavy atom. The Hall–Kier alpha value is -2.74. The Labute approximate surface area is 173 Å². The summed E-state index contributed by atoms with van der Waals surface area (Å²) >= 11 is 7.47. The molecule has 140 valence electrons. The summed E-state index contributed by atoms with van der Waals surface area (Å²) in [6.07, 6.45) is 1.60. The predicted molar refractivity (Wildman–Crippen MR) is 116 cm³/mol. The van der Waals surface area contributed by atoms with Gasteiger partial charge in [0.25, 0.3) is 0 Å². The van der Waals surface area contributed by atoms with E-state index < -0.39 is 0 Å². The zero-order valence-corrected chi connectivity index (χ0v) is 17.4. The second-order valence-corrected chi connectivity index (χ2v) is 8.71. The average molecular weight is 407 g/mol. The van der Waals surface area contributed by atoms with Gasteiger partial charge in [0, 0.05) is 26.9 Å². The zero-order valence-electron chi connectivity index (χ0n) is 15.9. The van der Waals surface area contributed by atoms with Gasteiger partial charge in [0.2, 0.25) is 5.78 Å². The van der Waals surface area contributed by atoms with Crippen LogP contribution in [-0.4, -0.2) is 10.8 Å². The minimum atomic E-state index is -0.321. The van der Waals surface area contributed by atoms with Crippen LogP contribution in [-0.2, 0) is 5.41 Å². The van der Waals surface area contributed by atoms with Crippen LogP contribution in [0.5, 0.6) is 0 Å². The molecule has 0 radical (unpaired) electrons. The number of hydrogen-bond donors (Lipinski definition) is 0. The highest BCUT2D eigenvalue weighted by molar-refractivity contribution is 7.13. The Kier molecular flexibility index (Phi) is 5.79. The summed E-state index contributed by atoms with van der Waals surface area (Å²) in [5.74, 6) is -0.321. The molecule has 0 N–H and O–H groups in total. The second kappa shape index (κ2) is 8.10. The van der Waals surface area contributed by atoms with Crippen molar-refractivity contribution in [3.05, 3.63) is 81.3 Å². The van der Waals surface area contributed by atoms with Gasteiger partial charge in [0.15, 0.2) is 0 Å². The molecule has 28 heavy (non-hydrogen) atoms. The van der Waals surface area contributed by atoms with Crippen LogP contribution in [0, 0.1) is 11.3 Å². The number of rotatable bonds is 4. The van der Waals surface area contributed by atoms with Crippen molar-refractivity contribution in [1.29, 1.82) is 5.26 Å². The average Bonchev–Trinajstić information content (AvgIpc) is 3.17. The van der Waals surface area contributed by atoms with Crippen LogP contribution in [0.4, 0.5) is 0 Å². The third-order valence-electron chi connectivity index (χ3n) is 4.21. The van der Waals surface area contributed by atoms with E-state index >= 15 is 0 Å². The summed E-state index contributed by atoms with van der Waals surface area (Å²) in [5.41, 5.74) is 3.40. The lowest BCUT2D eigenvalue weighted by atomic mass is 9.93. The molecule has 2 aromatic carbocycles.